The number of fused-ring (bicyclic) bond motifs is 1. The Bertz CT molecular complexity index is 1730. The van der Waals surface area contributed by atoms with Gasteiger partial charge in [-0.05, 0) is 71.3 Å². The van der Waals surface area contributed by atoms with Crippen molar-refractivity contribution >= 4 is 40.4 Å². The SMILES string of the molecule is COC(=O)c1ccc([C@H]2C3=C(C[C@@H](c4ccc(OC)c(OC)c4)CC3=O)Nc3ccccc3N2C(=O)c2cccs2)cc1. The molecule has 0 radical (unpaired) electrons. The lowest BCUT2D eigenvalue weighted by molar-refractivity contribution is -0.116. The zero-order valence-electron chi connectivity index (χ0n) is 24.0. The van der Waals surface area contributed by atoms with Gasteiger partial charge in [0.25, 0.3) is 5.91 Å². The fourth-order valence-electron chi connectivity index (χ4n) is 5.91. The molecule has 0 saturated carbocycles. The molecule has 0 saturated heterocycles. The summed E-state index contributed by atoms with van der Waals surface area (Å²) in [5, 5.41) is 5.41. The Balaban J connectivity index is 1.52. The van der Waals surface area contributed by atoms with Crippen LogP contribution >= 0.6 is 11.3 Å². The van der Waals surface area contributed by atoms with Crippen molar-refractivity contribution in [2.24, 2.45) is 0 Å². The number of ketones is 1. The number of carbonyl (C=O) groups is 3. The number of Topliss-reactive ketones (excluding diaryl/α,β-unsaturated/α-hetero) is 1. The van der Waals surface area contributed by atoms with Crippen molar-refractivity contribution in [2.45, 2.75) is 24.8 Å². The van der Waals surface area contributed by atoms with Crippen LogP contribution in [0, 0.1) is 0 Å². The number of hydrogen-bond donors (Lipinski definition) is 1. The quantitative estimate of drug-likeness (QED) is 0.246. The summed E-state index contributed by atoms with van der Waals surface area (Å²) in [5.74, 6) is 0.364. The molecule has 2 aliphatic rings. The maximum Gasteiger partial charge on any atom is 0.337 e. The van der Waals surface area contributed by atoms with Gasteiger partial charge in [-0.3, -0.25) is 14.5 Å². The second-order valence-corrected chi connectivity index (χ2v) is 11.3. The van der Waals surface area contributed by atoms with Gasteiger partial charge in [-0.2, -0.15) is 0 Å². The third kappa shape index (κ3) is 5.17. The molecule has 218 valence electrons. The fourth-order valence-corrected chi connectivity index (χ4v) is 6.57. The summed E-state index contributed by atoms with van der Waals surface area (Å²) in [5.41, 5.74) is 4.73. The molecule has 2 atom stereocenters. The topological polar surface area (TPSA) is 94.2 Å². The second kappa shape index (κ2) is 11.8. The average Bonchev–Trinajstić information content (AvgIpc) is 3.54. The molecule has 8 nitrogen and oxygen atoms in total. The van der Waals surface area contributed by atoms with Crippen LogP contribution in [0.4, 0.5) is 11.4 Å². The first-order valence-corrected chi connectivity index (χ1v) is 14.7. The number of thiophene rings is 1. The van der Waals surface area contributed by atoms with E-state index in [0.717, 1.165) is 16.9 Å². The maximum absolute atomic E-state index is 14.3. The number of nitrogens with one attached hydrogen (secondary N) is 1. The average molecular weight is 595 g/mol. The molecule has 43 heavy (non-hydrogen) atoms. The standard InChI is InChI=1S/C34H30N2O6S/c1-40-28-15-14-22(19-29(28)41-2)23-17-25-31(27(37)18-23)32(20-10-12-21(13-11-20)34(39)42-3)36(33(38)30-9-6-16-43-30)26-8-5-4-7-24(26)35-25/h4-16,19,23,32,35H,17-18H2,1-3H3/t23-,32+/m1/s1. The Labute approximate surface area is 253 Å². The molecule has 1 aliphatic heterocycles. The van der Waals surface area contributed by atoms with Crippen LogP contribution in [-0.4, -0.2) is 39.0 Å². The summed E-state index contributed by atoms with van der Waals surface area (Å²) in [6.07, 6.45) is 0.798. The third-order valence-corrected chi connectivity index (χ3v) is 8.82. The number of allylic oxidation sites excluding steroid dienone is 1. The van der Waals surface area contributed by atoms with E-state index in [1.807, 2.05) is 53.9 Å². The molecule has 2 heterocycles. The van der Waals surface area contributed by atoms with Crippen molar-refractivity contribution < 1.29 is 28.6 Å². The number of rotatable bonds is 6. The summed E-state index contributed by atoms with van der Waals surface area (Å²) < 4.78 is 15.9. The molecule has 4 aromatic rings. The minimum Gasteiger partial charge on any atom is -0.493 e. The van der Waals surface area contributed by atoms with E-state index in [9.17, 15) is 14.4 Å². The molecule has 9 heteroatoms. The predicted molar refractivity (Wildman–Crippen MR) is 165 cm³/mol. The predicted octanol–water partition coefficient (Wildman–Crippen LogP) is 6.77. The molecule has 0 bridgehead atoms. The first-order chi connectivity index (χ1) is 20.9. The van der Waals surface area contributed by atoms with E-state index in [-0.39, 0.29) is 24.0 Å². The van der Waals surface area contributed by atoms with Crippen LogP contribution < -0.4 is 19.7 Å². The Kier molecular flexibility index (Phi) is 7.73. The van der Waals surface area contributed by atoms with Gasteiger partial charge in [0.05, 0.1) is 49.2 Å². The number of methoxy groups -OCH3 is 3. The molecule has 0 fully saturated rings. The number of esters is 1. The Morgan fingerprint density at radius 1 is 0.860 bits per heavy atom. The highest BCUT2D eigenvalue weighted by Crippen LogP contribution is 2.48. The molecule has 1 aliphatic carbocycles. The third-order valence-electron chi connectivity index (χ3n) is 7.97. The summed E-state index contributed by atoms with van der Waals surface area (Å²) in [4.78, 5) is 43.0. The summed E-state index contributed by atoms with van der Waals surface area (Å²) in [6, 6.07) is 23.1. The van der Waals surface area contributed by atoms with Gasteiger partial charge in [0.15, 0.2) is 17.3 Å². The van der Waals surface area contributed by atoms with Crippen LogP contribution in [-0.2, 0) is 9.53 Å². The van der Waals surface area contributed by atoms with Gasteiger partial charge in [0.2, 0.25) is 0 Å². The van der Waals surface area contributed by atoms with Gasteiger partial charge in [-0.15, -0.1) is 11.3 Å². The van der Waals surface area contributed by atoms with Gasteiger partial charge in [-0.25, -0.2) is 4.79 Å². The molecular formula is C34H30N2O6S. The summed E-state index contributed by atoms with van der Waals surface area (Å²) in [7, 11) is 4.51. The van der Waals surface area contributed by atoms with Gasteiger partial charge in [0, 0.05) is 17.7 Å². The number of benzene rings is 3. The number of nitrogens with zero attached hydrogens (tertiary/aromatic N) is 1. The Morgan fingerprint density at radius 2 is 1.60 bits per heavy atom. The molecule has 1 amide bonds. The van der Waals surface area contributed by atoms with Crippen molar-refractivity contribution in [2.75, 3.05) is 31.5 Å². The van der Waals surface area contributed by atoms with E-state index < -0.39 is 12.0 Å². The summed E-state index contributed by atoms with van der Waals surface area (Å²) in [6.45, 7) is 0. The van der Waals surface area contributed by atoms with Crippen molar-refractivity contribution in [3.05, 3.63) is 117 Å². The summed E-state index contributed by atoms with van der Waals surface area (Å²) >= 11 is 1.35. The van der Waals surface area contributed by atoms with Gasteiger partial charge < -0.3 is 19.5 Å². The molecule has 1 aromatic heterocycles. The second-order valence-electron chi connectivity index (χ2n) is 10.3. The largest absolute Gasteiger partial charge is 0.493 e. The van der Waals surface area contributed by atoms with E-state index in [1.54, 1.807) is 49.5 Å². The number of ether oxygens (including phenoxy) is 3. The lowest BCUT2D eigenvalue weighted by Crippen LogP contribution is -2.38. The van der Waals surface area contributed by atoms with Crippen molar-refractivity contribution in [3.63, 3.8) is 0 Å². The Morgan fingerprint density at radius 3 is 2.30 bits per heavy atom. The van der Waals surface area contributed by atoms with E-state index in [2.05, 4.69) is 5.32 Å². The van der Waals surface area contributed by atoms with E-state index in [1.165, 1.54) is 18.4 Å². The number of anilines is 2. The van der Waals surface area contributed by atoms with Crippen LogP contribution in [0.5, 0.6) is 11.5 Å². The van der Waals surface area contributed by atoms with Crippen LogP contribution in [0.3, 0.4) is 0 Å². The normalized spacial score (nSPS) is 17.7. The molecule has 0 unspecified atom stereocenters. The first-order valence-electron chi connectivity index (χ1n) is 13.8. The minimum absolute atomic E-state index is 0.0626. The molecular weight excluding hydrogens is 564 g/mol. The highest BCUT2D eigenvalue weighted by atomic mass is 32.1. The van der Waals surface area contributed by atoms with Crippen LogP contribution in [0.15, 0.2) is 95.5 Å². The first kappa shape index (κ1) is 28.2. The van der Waals surface area contributed by atoms with Crippen molar-refractivity contribution in [1.82, 2.24) is 0 Å². The highest BCUT2D eigenvalue weighted by molar-refractivity contribution is 7.12. The lowest BCUT2D eigenvalue weighted by Gasteiger charge is -2.35. The zero-order valence-corrected chi connectivity index (χ0v) is 24.8. The number of hydrogen-bond acceptors (Lipinski definition) is 8. The van der Waals surface area contributed by atoms with Gasteiger partial charge in [0.1, 0.15) is 0 Å². The maximum atomic E-state index is 14.3. The van der Waals surface area contributed by atoms with Crippen LogP contribution in [0.2, 0.25) is 0 Å². The van der Waals surface area contributed by atoms with Gasteiger partial charge in [-0.1, -0.05) is 36.4 Å². The number of para-hydroxylation sites is 2. The van der Waals surface area contributed by atoms with Gasteiger partial charge >= 0.3 is 5.97 Å². The fraction of sp³-hybridized carbons (Fsp3) is 0.206. The van der Waals surface area contributed by atoms with Crippen molar-refractivity contribution in [1.29, 1.82) is 0 Å². The molecule has 0 spiro atoms. The Hall–Kier alpha value is -4.89. The lowest BCUT2D eigenvalue weighted by atomic mass is 9.78. The monoisotopic (exact) mass is 594 g/mol. The van der Waals surface area contributed by atoms with Crippen molar-refractivity contribution in [3.8, 4) is 11.5 Å². The smallest absolute Gasteiger partial charge is 0.337 e. The molecule has 3 aromatic carbocycles. The van der Waals surface area contributed by atoms with Crippen LogP contribution in [0.25, 0.3) is 0 Å². The molecule has 1 N–H and O–H groups in total. The molecule has 6 rings (SSSR count). The van der Waals surface area contributed by atoms with E-state index in [0.29, 0.717) is 45.2 Å². The van der Waals surface area contributed by atoms with E-state index >= 15 is 0 Å². The van der Waals surface area contributed by atoms with E-state index in [4.69, 9.17) is 14.2 Å². The number of amides is 1. The zero-order chi connectivity index (χ0) is 30.1. The van der Waals surface area contributed by atoms with Crippen LogP contribution in [0.1, 0.15) is 56.0 Å². The highest BCUT2D eigenvalue weighted by Gasteiger charge is 2.42. The minimum atomic E-state index is -0.730. The number of carbonyl (C=O) groups excluding carboxylic acids is 3.